The molecule has 0 radical (unpaired) electrons. The second-order valence-electron chi connectivity index (χ2n) is 7.36. The van der Waals surface area contributed by atoms with Crippen molar-refractivity contribution in [1.29, 1.82) is 0 Å². The molecule has 34 heavy (non-hydrogen) atoms. The van der Waals surface area contributed by atoms with Crippen LogP contribution in [0.4, 0.5) is 11.4 Å². The molecule has 0 fully saturated rings. The maximum absolute atomic E-state index is 12.0. The molecule has 0 aliphatic rings. The van der Waals surface area contributed by atoms with Gasteiger partial charge in [0.15, 0.2) is 0 Å². The van der Waals surface area contributed by atoms with E-state index in [9.17, 15) is 42.8 Å². The van der Waals surface area contributed by atoms with Crippen molar-refractivity contribution >= 4 is 63.8 Å². The van der Waals surface area contributed by atoms with E-state index in [0.29, 0.717) is 0 Å². The van der Waals surface area contributed by atoms with Gasteiger partial charge in [-0.15, -0.1) is 0 Å². The molecular weight excluding hydrogens is 532 g/mol. The van der Waals surface area contributed by atoms with Gasteiger partial charge >= 0.3 is 0 Å². The molecule has 2 rings (SSSR count). The highest BCUT2D eigenvalue weighted by Gasteiger charge is 2.20. The zero-order chi connectivity index (χ0) is 26.1. The van der Waals surface area contributed by atoms with Crippen LogP contribution in [0.25, 0.3) is 12.2 Å². The van der Waals surface area contributed by atoms with Gasteiger partial charge in [0, 0.05) is 11.4 Å². The normalized spacial score (nSPS) is 13.4. The highest BCUT2D eigenvalue weighted by molar-refractivity contribution is 7.93. The lowest BCUT2D eigenvalue weighted by Crippen LogP contribution is -2.22. The van der Waals surface area contributed by atoms with E-state index in [2.05, 4.69) is 9.44 Å². The van der Waals surface area contributed by atoms with Crippen LogP contribution in [-0.2, 0) is 40.3 Å². The summed E-state index contributed by atoms with van der Waals surface area (Å²) in [4.78, 5) is -1.34. The van der Waals surface area contributed by atoms with Crippen LogP contribution in [0.1, 0.15) is 25.0 Å². The third-order valence-corrected chi connectivity index (χ3v) is 8.40. The van der Waals surface area contributed by atoms with Gasteiger partial charge in [0.1, 0.15) is 9.79 Å². The fraction of sp³-hybridized carbons (Fsp3) is 0.222. The number of sulfonamides is 2. The molecule has 0 spiro atoms. The molecule has 2 aromatic carbocycles. The molecular formula is C18H22N2O10S4. The van der Waals surface area contributed by atoms with E-state index in [1.54, 1.807) is 0 Å². The topological polar surface area (TPSA) is 201 Å². The van der Waals surface area contributed by atoms with Crippen molar-refractivity contribution in [2.24, 2.45) is 0 Å². The Hall–Kier alpha value is -2.50. The molecule has 0 atom stereocenters. The zero-order valence-electron chi connectivity index (χ0n) is 18.0. The largest absolute Gasteiger partial charge is 0.295 e. The number of hydrogen-bond donors (Lipinski definition) is 4. The Kier molecular flexibility index (Phi) is 7.86. The van der Waals surface area contributed by atoms with E-state index in [1.165, 1.54) is 32.0 Å². The van der Waals surface area contributed by atoms with Gasteiger partial charge in [-0.3, -0.25) is 18.5 Å². The Morgan fingerprint density at radius 3 is 1.41 bits per heavy atom. The molecule has 0 aliphatic carbocycles. The average Bonchev–Trinajstić information content (AvgIpc) is 2.64. The van der Waals surface area contributed by atoms with E-state index in [4.69, 9.17) is 0 Å². The van der Waals surface area contributed by atoms with Gasteiger partial charge in [-0.05, 0) is 49.2 Å². The number of benzene rings is 2. The van der Waals surface area contributed by atoms with Gasteiger partial charge < -0.3 is 0 Å². The van der Waals surface area contributed by atoms with E-state index in [-0.39, 0.29) is 22.5 Å². The smallest absolute Gasteiger partial charge is 0.284 e. The lowest BCUT2D eigenvalue weighted by Gasteiger charge is -2.12. The Bertz CT molecular complexity index is 1560. The number of hydrogen-bond acceptors (Lipinski definition) is 8. The first kappa shape index (κ1) is 27.7. The molecule has 0 saturated carbocycles. The fourth-order valence-corrected chi connectivity index (χ4v) is 5.26. The molecule has 2 aromatic rings. The minimum absolute atomic E-state index is 0.130. The summed E-state index contributed by atoms with van der Waals surface area (Å²) in [6.07, 6.45) is 3.06. The quantitative estimate of drug-likeness (QED) is 0.262. The summed E-state index contributed by atoms with van der Waals surface area (Å²) >= 11 is 0. The summed E-state index contributed by atoms with van der Waals surface area (Å²) in [5, 5.41) is -0.819. The highest BCUT2D eigenvalue weighted by Crippen LogP contribution is 2.27. The average molecular weight is 555 g/mol. The SMILES string of the molecule is CC(C)S(=O)(=O)Nc1ccc(/C=C/c2ccc(NS(C)(=O)=O)cc2S(=O)(=O)O)c(S(=O)(=O)O)c1. The van der Waals surface area contributed by atoms with E-state index in [1.807, 2.05) is 0 Å². The fourth-order valence-electron chi connectivity index (χ4n) is 2.59. The Balaban J connectivity index is 2.58. The molecule has 0 heterocycles. The molecule has 12 nitrogen and oxygen atoms in total. The molecule has 188 valence electrons. The minimum atomic E-state index is -4.83. The predicted molar refractivity (Wildman–Crippen MR) is 128 cm³/mol. The first-order valence-electron chi connectivity index (χ1n) is 9.20. The van der Waals surface area contributed by atoms with Crippen molar-refractivity contribution in [1.82, 2.24) is 0 Å². The lowest BCUT2D eigenvalue weighted by atomic mass is 10.1. The second-order valence-corrected chi connectivity index (χ2v) is 14.1. The summed E-state index contributed by atoms with van der Waals surface area (Å²) in [6, 6.07) is 6.52. The van der Waals surface area contributed by atoms with Crippen LogP contribution in [0.2, 0.25) is 0 Å². The Labute approximate surface area is 198 Å². The van der Waals surface area contributed by atoms with E-state index >= 15 is 0 Å². The van der Waals surface area contributed by atoms with Crippen molar-refractivity contribution in [2.45, 2.75) is 28.9 Å². The van der Waals surface area contributed by atoms with Crippen molar-refractivity contribution < 1.29 is 42.8 Å². The Morgan fingerprint density at radius 2 is 1.09 bits per heavy atom. The van der Waals surface area contributed by atoms with Crippen LogP contribution in [0.5, 0.6) is 0 Å². The standard InChI is InChI=1S/C18H22N2O10S4/c1-12(2)32(23,24)20-16-9-7-14(18(11-16)34(28,29)30)5-4-13-6-8-15(19-31(3,21)22)10-17(13)33(25,26)27/h4-12,19-20H,1-3H3,(H,25,26,27)(H,28,29,30)/b5-4+. The summed E-state index contributed by atoms with van der Waals surface area (Å²) in [6.45, 7) is 2.82. The lowest BCUT2D eigenvalue weighted by molar-refractivity contribution is 0.480. The first-order valence-corrected chi connectivity index (χ1v) is 15.5. The Morgan fingerprint density at radius 1 is 0.706 bits per heavy atom. The van der Waals surface area contributed by atoms with Crippen LogP contribution in [0.3, 0.4) is 0 Å². The van der Waals surface area contributed by atoms with Crippen LogP contribution in [0, 0.1) is 0 Å². The van der Waals surface area contributed by atoms with Gasteiger partial charge in [0.25, 0.3) is 20.2 Å². The molecule has 0 bridgehead atoms. The van der Waals surface area contributed by atoms with Crippen molar-refractivity contribution in [3.05, 3.63) is 47.5 Å². The monoisotopic (exact) mass is 554 g/mol. The zero-order valence-corrected chi connectivity index (χ0v) is 21.3. The summed E-state index contributed by atoms with van der Waals surface area (Å²) in [7, 11) is -17.2. The molecule has 0 aliphatic heterocycles. The van der Waals surface area contributed by atoms with Crippen molar-refractivity contribution in [3.63, 3.8) is 0 Å². The number of anilines is 2. The van der Waals surface area contributed by atoms with E-state index in [0.717, 1.165) is 36.6 Å². The van der Waals surface area contributed by atoms with Gasteiger partial charge in [-0.2, -0.15) is 16.8 Å². The number of rotatable bonds is 9. The maximum atomic E-state index is 12.0. The molecule has 16 heteroatoms. The molecule has 0 saturated heterocycles. The van der Waals surface area contributed by atoms with Crippen LogP contribution < -0.4 is 9.44 Å². The summed E-state index contributed by atoms with van der Waals surface area (Å²) in [5.74, 6) is 0. The van der Waals surface area contributed by atoms with Crippen LogP contribution in [-0.4, -0.2) is 54.3 Å². The summed E-state index contributed by atoms with van der Waals surface area (Å²) in [5.41, 5.74) is -0.539. The second kappa shape index (κ2) is 9.63. The van der Waals surface area contributed by atoms with Crippen LogP contribution >= 0.6 is 0 Å². The third kappa shape index (κ3) is 7.51. The summed E-state index contributed by atoms with van der Waals surface area (Å²) < 4.78 is 118. The molecule has 0 amide bonds. The van der Waals surface area contributed by atoms with Gasteiger partial charge in [0.2, 0.25) is 20.0 Å². The molecule has 0 aromatic heterocycles. The maximum Gasteiger partial charge on any atom is 0.295 e. The van der Waals surface area contributed by atoms with Gasteiger partial charge in [0.05, 0.1) is 11.5 Å². The minimum Gasteiger partial charge on any atom is -0.284 e. The van der Waals surface area contributed by atoms with E-state index < -0.39 is 55.3 Å². The third-order valence-electron chi connectivity index (χ3n) is 4.21. The highest BCUT2D eigenvalue weighted by atomic mass is 32.2. The number of nitrogens with one attached hydrogen (secondary N) is 2. The van der Waals surface area contributed by atoms with Crippen molar-refractivity contribution in [3.8, 4) is 0 Å². The van der Waals surface area contributed by atoms with Crippen molar-refractivity contribution in [2.75, 3.05) is 15.7 Å². The van der Waals surface area contributed by atoms with Gasteiger partial charge in [-0.1, -0.05) is 24.3 Å². The first-order chi connectivity index (χ1) is 15.3. The predicted octanol–water partition coefficient (Wildman–Crippen LogP) is 1.87. The van der Waals surface area contributed by atoms with Crippen LogP contribution in [0.15, 0.2) is 46.2 Å². The molecule has 4 N–H and O–H groups in total. The molecule has 0 unspecified atom stereocenters. The van der Waals surface area contributed by atoms with Gasteiger partial charge in [-0.25, -0.2) is 16.8 Å².